The normalized spacial score (nSPS) is 10.4. The molecule has 0 aliphatic carbocycles. The van der Waals surface area contributed by atoms with Crippen molar-refractivity contribution in [2.45, 2.75) is 34.2 Å². The van der Waals surface area contributed by atoms with Gasteiger partial charge in [-0.3, -0.25) is 4.79 Å². The van der Waals surface area contributed by atoms with E-state index in [-0.39, 0.29) is 5.78 Å². The zero-order chi connectivity index (χ0) is 13.0. The van der Waals surface area contributed by atoms with Crippen molar-refractivity contribution in [3.05, 3.63) is 28.3 Å². The van der Waals surface area contributed by atoms with Crippen LogP contribution in [0, 0.1) is 20.8 Å². The molecule has 0 saturated heterocycles. The lowest BCUT2D eigenvalue weighted by Gasteiger charge is -2.16. The molecule has 1 N–H and O–H groups in total. The van der Waals surface area contributed by atoms with Crippen molar-refractivity contribution in [1.82, 2.24) is 5.32 Å². The minimum Gasteiger partial charge on any atom is -0.496 e. The molecule has 17 heavy (non-hydrogen) atoms. The van der Waals surface area contributed by atoms with E-state index in [2.05, 4.69) is 26.1 Å². The van der Waals surface area contributed by atoms with E-state index in [4.69, 9.17) is 4.74 Å². The van der Waals surface area contributed by atoms with Gasteiger partial charge in [0.15, 0.2) is 0 Å². The van der Waals surface area contributed by atoms with E-state index in [9.17, 15) is 4.79 Å². The Morgan fingerprint density at radius 1 is 1.29 bits per heavy atom. The number of ketones is 1. The topological polar surface area (TPSA) is 38.3 Å². The quantitative estimate of drug-likeness (QED) is 0.851. The lowest BCUT2D eigenvalue weighted by Crippen LogP contribution is -2.21. The molecule has 0 aromatic heterocycles. The zero-order valence-electron chi connectivity index (χ0n) is 11.3. The van der Waals surface area contributed by atoms with Crippen LogP contribution in [0.1, 0.15) is 29.2 Å². The molecular formula is C14H21NO2. The second kappa shape index (κ2) is 5.82. The Bertz CT molecular complexity index is 425. The van der Waals surface area contributed by atoms with Crippen LogP contribution in [0.2, 0.25) is 0 Å². The van der Waals surface area contributed by atoms with Crippen molar-refractivity contribution in [2.75, 3.05) is 13.7 Å². The van der Waals surface area contributed by atoms with Crippen LogP contribution in [0.4, 0.5) is 0 Å². The molecule has 0 heterocycles. The third-order valence-electron chi connectivity index (χ3n) is 3.10. The minimum absolute atomic E-state index is 0.158. The van der Waals surface area contributed by atoms with Gasteiger partial charge in [0.2, 0.25) is 0 Å². The lowest BCUT2D eigenvalue weighted by atomic mass is 9.97. The molecule has 1 aromatic rings. The summed E-state index contributed by atoms with van der Waals surface area (Å²) in [5, 5.41) is 3.16. The molecule has 3 heteroatoms. The summed E-state index contributed by atoms with van der Waals surface area (Å²) in [5.74, 6) is 1.08. The third-order valence-corrected chi connectivity index (χ3v) is 3.10. The fraction of sp³-hybridized carbons (Fsp3) is 0.500. The smallest absolute Gasteiger partial charge is 0.143 e. The van der Waals surface area contributed by atoms with Gasteiger partial charge in [-0.1, -0.05) is 0 Å². The van der Waals surface area contributed by atoms with Crippen LogP contribution >= 0.6 is 0 Å². The van der Waals surface area contributed by atoms with E-state index in [1.54, 1.807) is 14.0 Å². The molecule has 0 atom stereocenters. The lowest BCUT2D eigenvalue weighted by molar-refractivity contribution is -0.116. The molecule has 1 aromatic carbocycles. The number of rotatable bonds is 5. The summed E-state index contributed by atoms with van der Waals surface area (Å²) in [6, 6.07) is 2.05. The SMILES string of the molecule is COc1cc(C)c(CNCC(C)=O)c(C)c1C. The van der Waals surface area contributed by atoms with Crippen LogP contribution in [0.3, 0.4) is 0 Å². The molecule has 0 saturated carbocycles. The van der Waals surface area contributed by atoms with Crippen LogP contribution in [-0.2, 0) is 11.3 Å². The van der Waals surface area contributed by atoms with E-state index < -0.39 is 0 Å². The van der Waals surface area contributed by atoms with Gasteiger partial charge in [0.05, 0.1) is 13.7 Å². The van der Waals surface area contributed by atoms with Gasteiger partial charge in [-0.15, -0.1) is 0 Å². The minimum atomic E-state index is 0.158. The van der Waals surface area contributed by atoms with Crippen molar-refractivity contribution in [1.29, 1.82) is 0 Å². The second-order valence-electron chi connectivity index (χ2n) is 4.43. The number of aryl methyl sites for hydroxylation is 1. The van der Waals surface area contributed by atoms with E-state index >= 15 is 0 Å². The largest absolute Gasteiger partial charge is 0.496 e. The van der Waals surface area contributed by atoms with Gasteiger partial charge in [-0.2, -0.15) is 0 Å². The summed E-state index contributed by atoms with van der Waals surface area (Å²) in [6.45, 7) is 8.95. The Labute approximate surface area is 103 Å². The van der Waals surface area contributed by atoms with Crippen LogP contribution in [0.25, 0.3) is 0 Å². The Morgan fingerprint density at radius 2 is 1.94 bits per heavy atom. The number of methoxy groups -OCH3 is 1. The average Bonchev–Trinajstić information content (AvgIpc) is 2.27. The van der Waals surface area contributed by atoms with Crippen LogP contribution < -0.4 is 10.1 Å². The van der Waals surface area contributed by atoms with Crippen LogP contribution in [-0.4, -0.2) is 19.4 Å². The molecule has 0 aliphatic rings. The summed E-state index contributed by atoms with van der Waals surface area (Å²) < 4.78 is 5.33. The number of carbonyl (C=O) groups is 1. The molecule has 0 spiro atoms. The van der Waals surface area contributed by atoms with Crippen LogP contribution in [0.5, 0.6) is 5.75 Å². The van der Waals surface area contributed by atoms with Gasteiger partial charge < -0.3 is 10.1 Å². The number of hydrogen-bond acceptors (Lipinski definition) is 3. The first-order valence-electron chi connectivity index (χ1n) is 5.81. The van der Waals surface area contributed by atoms with Crippen molar-refractivity contribution in [3.8, 4) is 5.75 Å². The maximum Gasteiger partial charge on any atom is 0.143 e. The number of nitrogens with one attached hydrogen (secondary N) is 1. The predicted molar refractivity (Wildman–Crippen MR) is 69.6 cm³/mol. The highest BCUT2D eigenvalue weighted by atomic mass is 16.5. The fourth-order valence-corrected chi connectivity index (χ4v) is 1.95. The molecule has 94 valence electrons. The summed E-state index contributed by atoms with van der Waals surface area (Å²) in [5.41, 5.74) is 4.85. The first-order valence-corrected chi connectivity index (χ1v) is 5.81. The van der Waals surface area contributed by atoms with Crippen molar-refractivity contribution >= 4 is 5.78 Å². The van der Waals surface area contributed by atoms with Gasteiger partial charge in [-0.25, -0.2) is 0 Å². The molecule has 0 unspecified atom stereocenters. The standard InChI is InChI=1S/C14H21NO2/c1-9-6-14(17-5)12(4)11(3)13(9)8-15-7-10(2)16/h6,15H,7-8H2,1-5H3. The van der Waals surface area contributed by atoms with Crippen molar-refractivity contribution in [2.24, 2.45) is 0 Å². The molecule has 0 fully saturated rings. The first-order chi connectivity index (χ1) is 7.97. The van der Waals surface area contributed by atoms with Crippen molar-refractivity contribution in [3.63, 3.8) is 0 Å². The highest BCUT2D eigenvalue weighted by molar-refractivity contribution is 5.77. The van der Waals surface area contributed by atoms with Gasteiger partial charge in [0, 0.05) is 6.54 Å². The molecule has 0 bridgehead atoms. The highest BCUT2D eigenvalue weighted by Crippen LogP contribution is 2.27. The summed E-state index contributed by atoms with van der Waals surface area (Å²) in [7, 11) is 1.69. The number of benzene rings is 1. The molecule has 0 radical (unpaired) electrons. The van der Waals surface area contributed by atoms with E-state index in [0.717, 1.165) is 17.9 Å². The first kappa shape index (κ1) is 13.7. The van der Waals surface area contributed by atoms with E-state index in [1.165, 1.54) is 16.7 Å². The Hall–Kier alpha value is -1.35. The third kappa shape index (κ3) is 3.30. The zero-order valence-corrected chi connectivity index (χ0v) is 11.3. The monoisotopic (exact) mass is 235 g/mol. The van der Waals surface area contributed by atoms with Crippen molar-refractivity contribution < 1.29 is 9.53 Å². The van der Waals surface area contributed by atoms with Gasteiger partial charge in [-0.05, 0) is 56.0 Å². The molecule has 0 amide bonds. The van der Waals surface area contributed by atoms with E-state index in [0.29, 0.717) is 6.54 Å². The van der Waals surface area contributed by atoms with Crippen LogP contribution in [0.15, 0.2) is 6.07 Å². The summed E-state index contributed by atoms with van der Waals surface area (Å²) in [4.78, 5) is 10.9. The number of ether oxygens (including phenoxy) is 1. The second-order valence-corrected chi connectivity index (χ2v) is 4.43. The summed E-state index contributed by atoms with van der Waals surface area (Å²) >= 11 is 0. The Kier molecular flexibility index (Phi) is 4.70. The molecule has 1 rings (SSSR count). The number of carbonyl (C=O) groups excluding carboxylic acids is 1. The van der Waals surface area contributed by atoms with Gasteiger partial charge in [0.1, 0.15) is 11.5 Å². The number of hydrogen-bond donors (Lipinski definition) is 1. The Balaban J connectivity index is 2.92. The number of Topliss-reactive ketones (excluding diaryl/α,β-unsaturated/α-hetero) is 1. The van der Waals surface area contributed by atoms with Gasteiger partial charge in [0.25, 0.3) is 0 Å². The molecular weight excluding hydrogens is 214 g/mol. The Morgan fingerprint density at radius 3 is 2.47 bits per heavy atom. The molecule has 0 aliphatic heterocycles. The van der Waals surface area contributed by atoms with Gasteiger partial charge >= 0.3 is 0 Å². The maximum atomic E-state index is 10.9. The average molecular weight is 235 g/mol. The maximum absolute atomic E-state index is 10.9. The van der Waals surface area contributed by atoms with E-state index in [1.807, 2.05) is 6.07 Å². The highest BCUT2D eigenvalue weighted by Gasteiger charge is 2.10. The summed E-state index contributed by atoms with van der Waals surface area (Å²) in [6.07, 6.45) is 0. The fourth-order valence-electron chi connectivity index (χ4n) is 1.95. The predicted octanol–water partition coefficient (Wildman–Crippen LogP) is 2.30. The molecule has 3 nitrogen and oxygen atoms in total.